The van der Waals surface area contributed by atoms with Gasteiger partial charge in [0.05, 0.1) is 9.90 Å². The van der Waals surface area contributed by atoms with E-state index in [9.17, 15) is 9.59 Å². The van der Waals surface area contributed by atoms with E-state index < -0.39 is 17.8 Å². The SMILES string of the molecule is O=C1Oc2ccccc2C(=O)C1C(c1ccc(-c2ccc(Br)cc2)cc1)c1ccc(Cl)s1. The molecule has 4 aromatic rings. The Morgan fingerprint density at radius 3 is 2.16 bits per heavy atom. The molecule has 2 atom stereocenters. The van der Waals surface area contributed by atoms with Crippen LogP contribution in [0.3, 0.4) is 0 Å². The van der Waals surface area contributed by atoms with Crippen LogP contribution in [0.1, 0.15) is 26.7 Å². The first-order valence-electron chi connectivity index (χ1n) is 9.97. The number of carbonyl (C=O) groups is 2. The predicted molar refractivity (Wildman–Crippen MR) is 131 cm³/mol. The first-order valence-corrected chi connectivity index (χ1v) is 12.0. The third kappa shape index (κ3) is 3.92. The molecule has 0 amide bonds. The Hall–Kier alpha value is -2.73. The summed E-state index contributed by atoms with van der Waals surface area (Å²) in [6.45, 7) is 0. The number of benzene rings is 3. The van der Waals surface area contributed by atoms with Crippen molar-refractivity contribution in [1.29, 1.82) is 0 Å². The fourth-order valence-electron chi connectivity index (χ4n) is 4.03. The first-order chi connectivity index (χ1) is 15.5. The monoisotopic (exact) mass is 522 g/mol. The lowest BCUT2D eigenvalue weighted by Crippen LogP contribution is -2.37. The van der Waals surface area contributed by atoms with Crippen molar-refractivity contribution in [2.75, 3.05) is 0 Å². The summed E-state index contributed by atoms with van der Waals surface area (Å²) in [6, 6.07) is 26.5. The van der Waals surface area contributed by atoms with Crippen molar-refractivity contribution in [3.8, 4) is 16.9 Å². The number of thiophene rings is 1. The molecule has 6 heteroatoms. The molecule has 0 radical (unpaired) electrons. The summed E-state index contributed by atoms with van der Waals surface area (Å²) >= 11 is 11.0. The number of halogens is 2. The molecular formula is C26H16BrClO3S. The number of hydrogen-bond acceptors (Lipinski definition) is 4. The Balaban J connectivity index is 1.57. The molecule has 0 bridgehead atoms. The molecule has 1 aliphatic heterocycles. The van der Waals surface area contributed by atoms with Crippen LogP contribution < -0.4 is 4.74 Å². The Kier molecular flexibility index (Phi) is 5.72. The minimum absolute atomic E-state index is 0.233. The van der Waals surface area contributed by atoms with E-state index >= 15 is 0 Å². The van der Waals surface area contributed by atoms with E-state index in [1.807, 2.05) is 54.6 Å². The lowest BCUT2D eigenvalue weighted by molar-refractivity contribution is -0.138. The highest BCUT2D eigenvalue weighted by molar-refractivity contribution is 9.10. The number of ether oxygens (including phenoxy) is 1. The molecule has 32 heavy (non-hydrogen) atoms. The molecule has 5 rings (SSSR count). The highest BCUT2D eigenvalue weighted by atomic mass is 79.9. The van der Waals surface area contributed by atoms with E-state index in [1.54, 1.807) is 30.3 Å². The van der Waals surface area contributed by atoms with Crippen LogP contribution in [0, 0.1) is 5.92 Å². The molecule has 0 saturated heterocycles. The first kappa shape index (κ1) is 21.1. The van der Waals surface area contributed by atoms with Crippen molar-refractivity contribution >= 4 is 50.6 Å². The van der Waals surface area contributed by atoms with E-state index in [1.165, 1.54) is 11.3 Å². The Morgan fingerprint density at radius 2 is 1.50 bits per heavy atom. The molecule has 0 fully saturated rings. The molecule has 0 N–H and O–H groups in total. The highest BCUT2D eigenvalue weighted by Gasteiger charge is 2.43. The van der Waals surface area contributed by atoms with Crippen LogP contribution >= 0.6 is 38.9 Å². The van der Waals surface area contributed by atoms with Crippen LogP contribution in [0.5, 0.6) is 5.75 Å². The van der Waals surface area contributed by atoms with Gasteiger partial charge in [-0.3, -0.25) is 9.59 Å². The smallest absolute Gasteiger partial charge is 0.323 e. The quantitative estimate of drug-likeness (QED) is 0.159. The number of fused-ring (bicyclic) bond motifs is 1. The van der Waals surface area contributed by atoms with Gasteiger partial charge < -0.3 is 4.74 Å². The van der Waals surface area contributed by atoms with Gasteiger partial charge in [0, 0.05) is 15.3 Å². The minimum Gasteiger partial charge on any atom is -0.425 e. The van der Waals surface area contributed by atoms with Gasteiger partial charge in [-0.25, -0.2) is 0 Å². The highest BCUT2D eigenvalue weighted by Crippen LogP contribution is 2.43. The second kappa shape index (κ2) is 8.66. The van der Waals surface area contributed by atoms with Crippen LogP contribution in [0.25, 0.3) is 11.1 Å². The number of para-hydroxylation sites is 1. The largest absolute Gasteiger partial charge is 0.425 e. The van der Waals surface area contributed by atoms with Crippen molar-refractivity contribution < 1.29 is 14.3 Å². The summed E-state index contributed by atoms with van der Waals surface area (Å²) < 4.78 is 7.18. The molecule has 2 unspecified atom stereocenters. The molecule has 0 saturated carbocycles. The zero-order chi connectivity index (χ0) is 22.2. The lowest BCUT2D eigenvalue weighted by Gasteiger charge is -2.28. The molecule has 158 valence electrons. The third-order valence-electron chi connectivity index (χ3n) is 5.58. The molecule has 3 nitrogen and oxygen atoms in total. The zero-order valence-electron chi connectivity index (χ0n) is 16.6. The van der Waals surface area contributed by atoms with E-state index in [2.05, 4.69) is 15.9 Å². The summed E-state index contributed by atoms with van der Waals surface area (Å²) in [4.78, 5) is 27.3. The van der Waals surface area contributed by atoms with Crippen LogP contribution in [-0.2, 0) is 4.79 Å². The average molecular weight is 524 g/mol. The Labute approximate surface area is 202 Å². The van der Waals surface area contributed by atoms with Crippen LogP contribution in [0.2, 0.25) is 4.34 Å². The van der Waals surface area contributed by atoms with Gasteiger partial charge in [-0.1, -0.05) is 76.1 Å². The van der Waals surface area contributed by atoms with Gasteiger partial charge in [-0.2, -0.15) is 0 Å². The van der Waals surface area contributed by atoms with Gasteiger partial charge in [0.1, 0.15) is 11.7 Å². The Bertz CT molecular complexity index is 1310. The van der Waals surface area contributed by atoms with Crippen LogP contribution in [0.15, 0.2) is 89.4 Å². The van der Waals surface area contributed by atoms with E-state index in [0.29, 0.717) is 15.6 Å². The minimum atomic E-state index is -0.974. The van der Waals surface area contributed by atoms with Gasteiger partial charge in [0.15, 0.2) is 5.78 Å². The second-order valence-corrected chi connectivity index (χ2v) is 10.2. The second-order valence-electron chi connectivity index (χ2n) is 7.51. The molecular weight excluding hydrogens is 508 g/mol. The van der Waals surface area contributed by atoms with Gasteiger partial charge in [-0.05, 0) is 53.1 Å². The molecule has 0 aliphatic carbocycles. The molecule has 0 spiro atoms. The number of Topliss-reactive ketones (excluding diaryl/α,β-unsaturated/α-hetero) is 1. The zero-order valence-corrected chi connectivity index (χ0v) is 19.8. The lowest BCUT2D eigenvalue weighted by atomic mass is 9.78. The summed E-state index contributed by atoms with van der Waals surface area (Å²) in [5, 5.41) is 0. The summed E-state index contributed by atoms with van der Waals surface area (Å²) in [5.74, 6) is -1.92. The van der Waals surface area contributed by atoms with Crippen molar-refractivity contribution in [1.82, 2.24) is 0 Å². The van der Waals surface area contributed by atoms with E-state index in [0.717, 1.165) is 26.0 Å². The fourth-order valence-corrected chi connectivity index (χ4v) is 5.53. The van der Waals surface area contributed by atoms with Crippen molar-refractivity contribution in [3.63, 3.8) is 0 Å². The number of carbonyl (C=O) groups excluding carboxylic acids is 2. The molecule has 2 heterocycles. The topological polar surface area (TPSA) is 43.4 Å². The van der Waals surface area contributed by atoms with Crippen LogP contribution in [-0.4, -0.2) is 11.8 Å². The number of esters is 1. The standard InChI is InChI=1S/C26H16BrClO3S/c27-18-11-9-16(10-12-18)15-5-7-17(8-6-15)23(21-13-14-22(28)32-21)24-25(29)19-3-1-2-4-20(19)31-26(24)30/h1-14,23-24H. The normalized spacial score (nSPS) is 16.4. The average Bonchev–Trinajstić information content (AvgIpc) is 3.23. The summed E-state index contributed by atoms with van der Waals surface area (Å²) in [6.07, 6.45) is 0. The number of ketones is 1. The summed E-state index contributed by atoms with van der Waals surface area (Å²) in [7, 11) is 0. The van der Waals surface area contributed by atoms with Crippen molar-refractivity contribution in [2.45, 2.75) is 5.92 Å². The third-order valence-corrected chi connectivity index (χ3v) is 7.42. The predicted octanol–water partition coefficient (Wildman–Crippen LogP) is 7.38. The van der Waals surface area contributed by atoms with E-state index in [4.69, 9.17) is 16.3 Å². The van der Waals surface area contributed by atoms with Gasteiger partial charge >= 0.3 is 5.97 Å². The molecule has 1 aromatic heterocycles. The number of rotatable bonds is 4. The number of hydrogen-bond donors (Lipinski definition) is 0. The maximum Gasteiger partial charge on any atom is 0.323 e. The van der Waals surface area contributed by atoms with Gasteiger partial charge in [-0.15, -0.1) is 11.3 Å². The molecule has 1 aliphatic rings. The van der Waals surface area contributed by atoms with Crippen molar-refractivity contribution in [3.05, 3.63) is 110 Å². The van der Waals surface area contributed by atoms with Gasteiger partial charge in [0.2, 0.25) is 0 Å². The van der Waals surface area contributed by atoms with Crippen molar-refractivity contribution in [2.24, 2.45) is 5.92 Å². The van der Waals surface area contributed by atoms with E-state index in [-0.39, 0.29) is 5.78 Å². The maximum atomic E-state index is 13.4. The Morgan fingerprint density at radius 1 is 0.844 bits per heavy atom. The molecule has 3 aromatic carbocycles. The van der Waals surface area contributed by atoms with Crippen LogP contribution in [0.4, 0.5) is 0 Å². The maximum absolute atomic E-state index is 13.4. The summed E-state index contributed by atoms with van der Waals surface area (Å²) in [5.41, 5.74) is 3.42. The van der Waals surface area contributed by atoms with Gasteiger partial charge in [0.25, 0.3) is 0 Å². The fraction of sp³-hybridized carbons (Fsp3) is 0.0769.